The van der Waals surface area contributed by atoms with E-state index in [0.29, 0.717) is 5.96 Å². The van der Waals surface area contributed by atoms with Crippen molar-refractivity contribution in [2.45, 2.75) is 19.9 Å². The minimum atomic E-state index is 0.250. The molecule has 1 aromatic carbocycles. The van der Waals surface area contributed by atoms with E-state index < -0.39 is 0 Å². The number of benzene rings is 1. The monoisotopic (exact) mass is 345 g/mol. The lowest BCUT2D eigenvalue weighted by Crippen LogP contribution is -2.34. The molecule has 86 valence electrons. The molecule has 0 saturated carbocycles. The molecular formula is C11H13Br2N3. The van der Waals surface area contributed by atoms with Gasteiger partial charge < -0.3 is 10.6 Å². The standard InChI is InChI=1S/C11H13Br2N3/c1-6-3-8(12)10(9(13)4-6)16-5-7(2)15-11(16)14/h3-4,7H,5H2,1-2H3,(H2,14,15). The fourth-order valence-electron chi connectivity index (χ4n) is 1.85. The van der Waals surface area contributed by atoms with E-state index in [1.165, 1.54) is 5.56 Å². The molecule has 2 rings (SSSR count). The number of aliphatic imine (C=N–C) groups is 1. The van der Waals surface area contributed by atoms with Gasteiger partial charge in [-0.1, -0.05) is 0 Å². The first-order chi connectivity index (χ1) is 7.49. The quantitative estimate of drug-likeness (QED) is 0.849. The second-order valence-electron chi connectivity index (χ2n) is 4.02. The Morgan fingerprint density at radius 3 is 2.38 bits per heavy atom. The Kier molecular flexibility index (Phi) is 3.26. The van der Waals surface area contributed by atoms with Gasteiger partial charge in [-0.25, -0.2) is 4.99 Å². The largest absolute Gasteiger partial charge is 0.370 e. The molecule has 5 heteroatoms. The molecule has 0 aromatic heterocycles. The first-order valence-electron chi connectivity index (χ1n) is 5.05. The Morgan fingerprint density at radius 2 is 1.94 bits per heavy atom. The summed E-state index contributed by atoms with van der Waals surface area (Å²) in [5.74, 6) is 0.581. The minimum Gasteiger partial charge on any atom is -0.370 e. The zero-order chi connectivity index (χ0) is 11.9. The predicted octanol–water partition coefficient (Wildman–Crippen LogP) is 3.04. The number of nitrogens with zero attached hydrogens (tertiary/aromatic N) is 2. The van der Waals surface area contributed by atoms with Gasteiger partial charge >= 0.3 is 0 Å². The lowest BCUT2D eigenvalue weighted by Gasteiger charge is -2.21. The van der Waals surface area contributed by atoms with Crippen LogP contribution in [-0.2, 0) is 0 Å². The van der Waals surface area contributed by atoms with Gasteiger partial charge in [-0.2, -0.15) is 0 Å². The van der Waals surface area contributed by atoms with Gasteiger partial charge in [0.15, 0.2) is 5.96 Å². The summed E-state index contributed by atoms with van der Waals surface area (Å²) in [6.45, 7) is 4.94. The van der Waals surface area contributed by atoms with E-state index in [-0.39, 0.29) is 6.04 Å². The molecule has 0 spiro atoms. The van der Waals surface area contributed by atoms with Crippen LogP contribution in [0.2, 0.25) is 0 Å². The molecule has 0 bridgehead atoms. The lowest BCUT2D eigenvalue weighted by molar-refractivity contribution is 0.794. The molecule has 3 nitrogen and oxygen atoms in total. The van der Waals surface area contributed by atoms with E-state index in [0.717, 1.165) is 21.2 Å². The predicted molar refractivity (Wildman–Crippen MR) is 75.0 cm³/mol. The molecule has 1 aliphatic heterocycles. The van der Waals surface area contributed by atoms with Crippen LogP contribution in [-0.4, -0.2) is 18.5 Å². The van der Waals surface area contributed by atoms with Gasteiger partial charge in [0.1, 0.15) is 0 Å². The van der Waals surface area contributed by atoms with Gasteiger partial charge in [-0.05, 0) is 63.4 Å². The van der Waals surface area contributed by atoms with Crippen LogP contribution >= 0.6 is 31.9 Å². The summed E-state index contributed by atoms with van der Waals surface area (Å²) < 4.78 is 2.07. The van der Waals surface area contributed by atoms with Gasteiger partial charge in [0.05, 0.1) is 11.7 Å². The number of hydrogen-bond acceptors (Lipinski definition) is 3. The van der Waals surface area contributed by atoms with E-state index in [4.69, 9.17) is 5.73 Å². The number of guanidine groups is 1. The molecule has 0 amide bonds. The van der Waals surface area contributed by atoms with E-state index in [1.54, 1.807) is 0 Å². The molecule has 0 aliphatic carbocycles. The van der Waals surface area contributed by atoms with Crippen molar-refractivity contribution in [1.29, 1.82) is 0 Å². The second kappa shape index (κ2) is 4.37. The van der Waals surface area contributed by atoms with Crippen molar-refractivity contribution in [3.63, 3.8) is 0 Å². The van der Waals surface area contributed by atoms with Gasteiger partial charge in [0.2, 0.25) is 0 Å². The molecule has 0 fully saturated rings. The van der Waals surface area contributed by atoms with Crippen molar-refractivity contribution in [1.82, 2.24) is 0 Å². The van der Waals surface area contributed by atoms with Gasteiger partial charge in [0, 0.05) is 15.5 Å². The van der Waals surface area contributed by atoms with Crippen LogP contribution in [0, 0.1) is 6.92 Å². The van der Waals surface area contributed by atoms with Crippen LogP contribution in [0.15, 0.2) is 26.1 Å². The highest BCUT2D eigenvalue weighted by molar-refractivity contribution is 9.11. The summed E-state index contributed by atoms with van der Waals surface area (Å²) in [6, 6.07) is 4.41. The molecule has 1 unspecified atom stereocenters. The summed E-state index contributed by atoms with van der Waals surface area (Å²) in [4.78, 5) is 6.36. The summed E-state index contributed by atoms with van der Waals surface area (Å²) >= 11 is 7.15. The number of rotatable bonds is 1. The summed E-state index contributed by atoms with van der Waals surface area (Å²) in [7, 11) is 0. The Hall–Kier alpha value is -0.550. The molecule has 0 radical (unpaired) electrons. The zero-order valence-electron chi connectivity index (χ0n) is 9.17. The zero-order valence-corrected chi connectivity index (χ0v) is 12.3. The maximum atomic E-state index is 5.91. The number of halogens is 2. The van der Waals surface area contributed by atoms with Crippen molar-refractivity contribution in [2.75, 3.05) is 11.4 Å². The smallest absolute Gasteiger partial charge is 0.196 e. The Bertz CT molecular complexity index is 434. The van der Waals surface area contributed by atoms with Crippen LogP contribution in [0.1, 0.15) is 12.5 Å². The highest BCUT2D eigenvalue weighted by atomic mass is 79.9. The van der Waals surface area contributed by atoms with Crippen molar-refractivity contribution < 1.29 is 0 Å². The fourth-order valence-corrected chi connectivity index (χ4v) is 3.69. The molecule has 1 aliphatic rings. The van der Waals surface area contributed by atoms with Crippen LogP contribution in [0.25, 0.3) is 0 Å². The molecule has 0 saturated heterocycles. The van der Waals surface area contributed by atoms with Crippen LogP contribution in [0.5, 0.6) is 0 Å². The average molecular weight is 347 g/mol. The van der Waals surface area contributed by atoms with Crippen molar-refractivity contribution in [3.8, 4) is 0 Å². The third-order valence-electron chi connectivity index (χ3n) is 2.51. The number of hydrogen-bond donors (Lipinski definition) is 1. The van der Waals surface area contributed by atoms with Crippen molar-refractivity contribution in [3.05, 3.63) is 26.6 Å². The minimum absolute atomic E-state index is 0.250. The normalized spacial score (nSPS) is 20.1. The summed E-state index contributed by atoms with van der Waals surface area (Å²) in [5.41, 5.74) is 8.16. The van der Waals surface area contributed by atoms with Crippen LogP contribution < -0.4 is 10.6 Å². The number of aryl methyl sites for hydroxylation is 1. The summed E-state index contributed by atoms with van der Waals surface area (Å²) in [5, 5.41) is 0. The van der Waals surface area contributed by atoms with Crippen molar-refractivity contribution in [2.24, 2.45) is 10.7 Å². The summed E-state index contributed by atoms with van der Waals surface area (Å²) in [6.07, 6.45) is 0. The van der Waals surface area contributed by atoms with E-state index >= 15 is 0 Å². The maximum Gasteiger partial charge on any atom is 0.196 e. The lowest BCUT2D eigenvalue weighted by atomic mass is 10.2. The third kappa shape index (κ3) is 2.11. The van der Waals surface area contributed by atoms with Gasteiger partial charge in [0.25, 0.3) is 0 Å². The van der Waals surface area contributed by atoms with Crippen LogP contribution in [0.4, 0.5) is 5.69 Å². The van der Waals surface area contributed by atoms with Gasteiger partial charge in [-0.3, -0.25) is 0 Å². The Balaban J connectivity index is 2.46. The highest BCUT2D eigenvalue weighted by Crippen LogP contribution is 2.36. The molecule has 1 atom stereocenters. The van der Waals surface area contributed by atoms with E-state index in [2.05, 4.69) is 62.8 Å². The average Bonchev–Trinajstić information content (AvgIpc) is 2.43. The first kappa shape index (κ1) is 11.9. The highest BCUT2D eigenvalue weighted by Gasteiger charge is 2.24. The maximum absolute atomic E-state index is 5.91. The molecular weight excluding hydrogens is 334 g/mol. The SMILES string of the molecule is Cc1cc(Br)c(N2CC(C)N=C2N)c(Br)c1. The van der Waals surface area contributed by atoms with E-state index in [9.17, 15) is 0 Å². The molecule has 1 aromatic rings. The molecule has 2 N–H and O–H groups in total. The van der Waals surface area contributed by atoms with Crippen LogP contribution in [0.3, 0.4) is 0 Å². The van der Waals surface area contributed by atoms with Gasteiger partial charge in [-0.15, -0.1) is 0 Å². The Labute approximate surface area is 112 Å². The second-order valence-corrected chi connectivity index (χ2v) is 5.73. The first-order valence-corrected chi connectivity index (χ1v) is 6.64. The number of anilines is 1. The Morgan fingerprint density at radius 1 is 1.38 bits per heavy atom. The fraction of sp³-hybridized carbons (Fsp3) is 0.364. The van der Waals surface area contributed by atoms with E-state index in [1.807, 2.05) is 4.90 Å². The molecule has 1 heterocycles. The third-order valence-corrected chi connectivity index (χ3v) is 3.72. The topological polar surface area (TPSA) is 41.6 Å². The van der Waals surface area contributed by atoms with Crippen molar-refractivity contribution >= 4 is 43.5 Å². The molecule has 16 heavy (non-hydrogen) atoms. The number of nitrogens with two attached hydrogens (primary N) is 1.